The lowest BCUT2D eigenvalue weighted by atomic mass is 9.95. The van der Waals surface area contributed by atoms with E-state index in [0.717, 1.165) is 12.8 Å². The first kappa shape index (κ1) is 19.3. The van der Waals surface area contributed by atoms with Crippen LogP contribution in [0.1, 0.15) is 72.1 Å². The van der Waals surface area contributed by atoms with Gasteiger partial charge in [-0.15, -0.1) is 0 Å². The number of carbonyl (C=O) groups is 2. The van der Waals surface area contributed by atoms with Crippen LogP contribution in [0.25, 0.3) is 0 Å². The number of carboxylic acids is 1. The highest BCUT2D eigenvalue weighted by molar-refractivity contribution is 5.73. The van der Waals surface area contributed by atoms with Gasteiger partial charge in [-0.25, -0.2) is 0 Å². The average Bonchev–Trinajstić information content (AvgIpc) is 2.33. The van der Waals surface area contributed by atoms with Gasteiger partial charge in [-0.05, 0) is 12.3 Å². The fourth-order valence-corrected chi connectivity index (χ4v) is 1.56. The highest BCUT2D eigenvalue weighted by Gasteiger charge is 2.09. The topological polar surface area (TPSA) is 80.4 Å². The number of hydrogen-bond acceptors (Lipinski definition) is 2. The SMILES string of the molecule is CCC(N)=O.CCCCCCC(CC)CC(=O)O. The fourth-order valence-electron chi connectivity index (χ4n) is 1.56. The molecule has 4 heteroatoms. The van der Waals surface area contributed by atoms with Crippen molar-refractivity contribution in [3.63, 3.8) is 0 Å². The lowest BCUT2D eigenvalue weighted by Gasteiger charge is -2.11. The Balaban J connectivity index is 0. The highest BCUT2D eigenvalue weighted by atomic mass is 16.4. The Hall–Kier alpha value is -1.06. The third-order valence-corrected chi connectivity index (χ3v) is 2.86. The van der Waals surface area contributed by atoms with Crippen LogP contribution < -0.4 is 5.73 Å². The Morgan fingerprint density at radius 3 is 2.00 bits per heavy atom. The first-order valence-corrected chi connectivity index (χ1v) is 6.97. The van der Waals surface area contributed by atoms with Crippen molar-refractivity contribution >= 4 is 11.9 Å². The van der Waals surface area contributed by atoms with E-state index in [-0.39, 0.29) is 5.91 Å². The van der Waals surface area contributed by atoms with Crippen LogP contribution in [0.5, 0.6) is 0 Å². The molecule has 0 saturated carbocycles. The molecule has 1 unspecified atom stereocenters. The summed E-state index contributed by atoms with van der Waals surface area (Å²) in [6.45, 7) is 5.99. The molecule has 18 heavy (non-hydrogen) atoms. The van der Waals surface area contributed by atoms with Gasteiger partial charge in [0.05, 0.1) is 0 Å². The van der Waals surface area contributed by atoms with Crippen molar-refractivity contribution < 1.29 is 14.7 Å². The van der Waals surface area contributed by atoms with Gasteiger partial charge in [-0.2, -0.15) is 0 Å². The number of aliphatic carboxylic acids is 1. The molecule has 1 amide bonds. The largest absolute Gasteiger partial charge is 0.481 e. The number of rotatable bonds is 9. The number of nitrogens with two attached hydrogens (primary N) is 1. The number of hydrogen-bond donors (Lipinski definition) is 2. The minimum Gasteiger partial charge on any atom is -0.481 e. The zero-order valence-corrected chi connectivity index (χ0v) is 12.1. The van der Waals surface area contributed by atoms with Crippen molar-refractivity contribution in [1.82, 2.24) is 0 Å². The summed E-state index contributed by atoms with van der Waals surface area (Å²) in [5, 5.41) is 8.62. The molecule has 4 nitrogen and oxygen atoms in total. The predicted molar refractivity (Wildman–Crippen MR) is 74.3 cm³/mol. The third-order valence-electron chi connectivity index (χ3n) is 2.86. The first-order chi connectivity index (χ1) is 8.47. The minimum atomic E-state index is -0.651. The van der Waals surface area contributed by atoms with Gasteiger partial charge >= 0.3 is 5.97 Å². The molecule has 0 aliphatic carbocycles. The lowest BCUT2D eigenvalue weighted by molar-refractivity contribution is -0.138. The molecular formula is C14H29NO3. The van der Waals surface area contributed by atoms with Crippen LogP contribution in [0.4, 0.5) is 0 Å². The van der Waals surface area contributed by atoms with E-state index in [4.69, 9.17) is 5.11 Å². The summed E-state index contributed by atoms with van der Waals surface area (Å²) < 4.78 is 0. The summed E-state index contributed by atoms with van der Waals surface area (Å²) in [5.74, 6) is -0.498. The second kappa shape index (κ2) is 14.0. The number of amides is 1. The zero-order chi connectivity index (χ0) is 14.4. The molecule has 0 heterocycles. The van der Waals surface area contributed by atoms with E-state index in [2.05, 4.69) is 19.6 Å². The van der Waals surface area contributed by atoms with Gasteiger partial charge in [0.15, 0.2) is 0 Å². The standard InChI is InChI=1S/C11H22O2.C3H7NO/c1-3-5-6-7-8-10(4-2)9-11(12)13;1-2-3(4)5/h10H,3-9H2,1-2H3,(H,12,13);2H2,1H3,(H2,4,5). The zero-order valence-electron chi connectivity index (χ0n) is 12.1. The van der Waals surface area contributed by atoms with E-state index < -0.39 is 5.97 Å². The molecule has 0 spiro atoms. The van der Waals surface area contributed by atoms with Gasteiger partial charge in [0.2, 0.25) is 5.91 Å². The molecule has 0 saturated heterocycles. The lowest BCUT2D eigenvalue weighted by Crippen LogP contribution is -2.06. The predicted octanol–water partition coefficient (Wildman–Crippen LogP) is 3.34. The Morgan fingerprint density at radius 1 is 1.11 bits per heavy atom. The van der Waals surface area contributed by atoms with E-state index in [1.807, 2.05) is 0 Å². The molecule has 3 N–H and O–H groups in total. The summed E-state index contributed by atoms with van der Waals surface area (Å²) in [5.41, 5.74) is 4.65. The van der Waals surface area contributed by atoms with E-state index in [1.165, 1.54) is 25.7 Å². The van der Waals surface area contributed by atoms with Crippen molar-refractivity contribution in [3.8, 4) is 0 Å². The van der Waals surface area contributed by atoms with Crippen LogP contribution >= 0.6 is 0 Å². The van der Waals surface area contributed by atoms with Gasteiger partial charge in [0.25, 0.3) is 0 Å². The van der Waals surface area contributed by atoms with E-state index in [0.29, 0.717) is 18.8 Å². The normalized spacial score (nSPS) is 11.3. The molecule has 0 aliphatic heterocycles. The number of carbonyl (C=O) groups excluding carboxylic acids is 1. The Morgan fingerprint density at radius 2 is 1.67 bits per heavy atom. The van der Waals surface area contributed by atoms with Crippen LogP contribution in [0, 0.1) is 5.92 Å². The number of unbranched alkanes of at least 4 members (excludes halogenated alkanes) is 3. The summed E-state index contributed by atoms with van der Waals surface area (Å²) in [7, 11) is 0. The molecule has 0 aromatic heterocycles. The Bertz CT molecular complexity index is 217. The van der Waals surface area contributed by atoms with Crippen molar-refractivity contribution in [1.29, 1.82) is 0 Å². The average molecular weight is 259 g/mol. The van der Waals surface area contributed by atoms with Crippen LogP contribution in [0.2, 0.25) is 0 Å². The van der Waals surface area contributed by atoms with Crippen molar-refractivity contribution in [2.75, 3.05) is 0 Å². The van der Waals surface area contributed by atoms with Crippen LogP contribution in [-0.4, -0.2) is 17.0 Å². The van der Waals surface area contributed by atoms with Crippen LogP contribution in [0.15, 0.2) is 0 Å². The molecule has 0 aliphatic rings. The first-order valence-electron chi connectivity index (χ1n) is 6.97. The minimum absolute atomic E-state index is 0.245. The summed E-state index contributed by atoms with van der Waals surface area (Å²) in [6, 6.07) is 0. The van der Waals surface area contributed by atoms with Gasteiger partial charge in [0, 0.05) is 12.8 Å². The molecule has 108 valence electrons. The van der Waals surface area contributed by atoms with E-state index >= 15 is 0 Å². The molecule has 1 atom stereocenters. The second-order valence-corrected chi connectivity index (χ2v) is 4.54. The molecule has 0 bridgehead atoms. The molecule has 0 aromatic carbocycles. The van der Waals surface area contributed by atoms with E-state index in [1.54, 1.807) is 6.92 Å². The van der Waals surface area contributed by atoms with Gasteiger partial charge in [-0.1, -0.05) is 52.9 Å². The monoisotopic (exact) mass is 259 g/mol. The fraction of sp³-hybridized carbons (Fsp3) is 0.857. The quantitative estimate of drug-likeness (QED) is 0.623. The van der Waals surface area contributed by atoms with Gasteiger partial charge in [0.1, 0.15) is 0 Å². The molecule has 0 radical (unpaired) electrons. The smallest absolute Gasteiger partial charge is 0.303 e. The maximum atomic E-state index is 10.5. The summed E-state index contributed by atoms with van der Waals surface area (Å²) in [4.78, 5) is 20.0. The highest BCUT2D eigenvalue weighted by Crippen LogP contribution is 2.17. The second-order valence-electron chi connectivity index (χ2n) is 4.54. The van der Waals surface area contributed by atoms with Gasteiger partial charge < -0.3 is 10.8 Å². The van der Waals surface area contributed by atoms with Crippen molar-refractivity contribution in [2.24, 2.45) is 11.7 Å². The number of primary amides is 1. The van der Waals surface area contributed by atoms with Crippen molar-refractivity contribution in [3.05, 3.63) is 0 Å². The Kier molecular flexibility index (Phi) is 15.0. The van der Waals surface area contributed by atoms with Gasteiger partial charge in [-0.3, -0.25) is 9.59 Å². The van der Waals surface area contributed by atoms with E-state index in [9.17, 15) is 9.59 Å². The van der Waals surface area contributed by atoms with Crippen molar-refractivity contribution in [2.45, 2.75) is 72.1 Å². The Labute approximate surface area is 111 Å². The molecule has 0 rings (SSSR count). The molecule has 0 aromatic rings. The van der Waals surface area contributed by atoms with Crippen LogP contribution in [-0.2, 0) is 9.59 Å². The number of carboxylic acid groups (broad SMARTS) is 1. The maximum Gasteiger partial charge on any atom is 0.303 e. The third kappa shape index (κ3) is 17.3. The summed E-state index contributed by atoms with van der Waals surface area (Å²) in [6.07, 6.45) is 7.86. The van der Waals surface area contributed by atoms with Crippen LogP contribution in [0.3, 0.4) is 0 Å². The summed E-state index contributed by atoms with van der Waals surface area (Å²) >= 11 is 0. The molecular weight excluding hydrogens is 230 g/mol. The maximum absolute atomic E-state index is 10.5. The molecule has 0 fully saturated rings.